The van der Waals surface area contributed by atoms with E-state index in [4.69, 9.17) is 0 Å². The summed E-state index contributed by atoms with van der Waals surface area (Å²) in [5.74, 6) is 0.427. The summed E-state index contributed by atoms with van der Waals surface area (Å²) in [6.45, 7) is 10.1. The zero-order chi connectivity index (χ0) is 13.6. The van der Waals surface area contributed by atoms with E-state index >= 15 is 0 Å². The predicted octanol–water partition coefficient (Wildman–Crippen LogP) is 1.80. The monoisotopic (exact) mass is 242 g/mol. The molecule has 0 aliphatic heterocycles. The Bertz CT molecular complexity index is 267. The maximum atomic E-state index is 11.7. The smallest absolute Gasteiger partial charge is 0.240 e. The Morgan fingerprint density at radius 3 is 2.18 bits per heavy atom. The van der Waals surface area contributed by atoms with Gasteiger partial charge in [-0.25, -0.2) is 0 Å². The van der Waals surface area contributed by atoms with Gasteiger partial charge in [0.25, 0.3) is 0 Å². The minimum absolute atomic E-state index is 0.0303. The minimum atomic E-state index is -0.251. The Balaban J connectivity index is 4.03. The van der Waals surface area contributed by atoms with Crippen LogP contribution in [0.4, 0.5) is 0 Å². The van der Waals surface area contributed by atoms with Crippen LogP contribution < -0.4 is 5.32 Å². The Kier molecular flexibility index (Phi) is 6.21. The van der Waals surface area contributed by atoms with Crippen LogP contribution in [0.2, 0.25) is 0 Å². The third-order valence-electron chi connectivity index (χ3n) is 2.26. The molecule has 0 unspecified atom stereocenters. The molecule has 2 amide bonds. The van der Waals surface area contributed by atoms with Crippen LogP contribution in [-0.4, -0.2) is 35.8 Å². The molecule has 4 heteroatoms. The van der Waals surface area contributed by atoms with E-state index in [0.29, 0.717) is 12.3 Å². The number of amides is 2. The van der Waals surface area contributed by atoms with Crippen LogP contribution in [0.25, 0.3) is 0 Å². The lowest BCUT2D eigenvalue weighted by molar-refractivity contribution is -0.135. The van der Waals surface area contributed by atoms with Crippen molar-refractivity contribution in [2.45, 2.75) is 53.0 Å². The van der Waals surface area contributed by atoms with Gasteiger partial charge in [-0.2, -0.15) is 0 Å². The van der Waals surface area contributed by atoms with Gasteiger partial charge in [-0.15, -0.1) is 0 Å². The molecule has 0 saturated carbocycles. The summed E-state index contributed by atoms with van der Waals surface area (Å²) in [6.07, 6.45) is 1.38. The van der Waals surface area contributed by atoms with Crippen molar-refractivity contribution in [3.63, 3.8) is 0 Å². The summed E-state index contributed by atoms with van der Waals surface area (Å²) in [5.41, 5.74) is -0.251. The Hall–Kier alpha value is -1.06. The SMILES string of the molecule is CC(C)CCC(=O)N(C)CC(=O)NC(C)(C)C. The third-order valence-corrected chi connectivity index (χ3v) is 2.26. The number of hydrogen-bond acceptors (Lipinski definition) is 2. The van der Waals surface area contributed by atoms with E-state index in [1.165, 1.54) is 4.90 Å². The van der Waals surface area contributed by atoms with Crippen LogP contribution in [0.1, 0.15) is 47.5 Å². The Labute approximate surface area is 105 Å². The standard InChI is InChI=1S/C13H26N2O2/c1-10(2)7-8-12(17)15(6)9-11(16)14-13(3,4)5/h10H,7-9H2,1-6H3,(H,14,16). The summed E-state index contributed by atoms with van der Waals surface area (Å²) >= 11 is 0. The van der Waals surface area contributed by atoms with Crippen molar-refractivity contribution in [3.05, 3.63) is 0 Å². The fourth-order valence-corrected chi connectivity index (χ4v) is 1.36. The number of nitrogens with one attached hydrogen (secondary N) is 1. The van der Waals surface area contributed by atoms with Gasteiger partial charge in [-0.1, -0.05) is 13.8 Å². The summed E-state index contributed by atoms with van der Waals surface area (Å²) in [6, 6.07) is 0. The van der Waals surface area contributed by atoms with E-state index in [9.17, 15) is 9.59 Å². The fourth-order valence-electron chi connectivity index (χ4n) is 1.36. The van der Waals surface area contributed by atoms with Gasteiger partial charge in [0.15, 0.2) is 0 Å². The van der Waals surface area contributed by atoms with Crippen LogP contribution in [-0.2, 0) is 9.59 Å². The number of nitrogens with zero attached hydrogens (tertiary/aromatic N) is 1. The lowest BCUT2D eigenvalue weighted by atomic mass is 10.1. The van der Waals surface area contributed by atoms with Crippen LogP contribution in [0.5, 0.6) is 0 Å². The molecular weight excluding hydrogens is 216 g/mol. The lowest BCUT2D eigenvalue weighted by Crippen LogP contribution is -2.46. The molecule has 100 valence electrons. The number of hydrogen-bond donors (Lipinski definition) is 1. The summed E-state index contributed by atoms with van der Waals surface area (Å²) < 4.78 is 0. The molecule has 0 atom stereocenters. The molecule has 0 fully saturated rings. The Morgan fingerprint density at radius 2 is 1.76 bits per heavy atom. The van der Waals surface area contributed by atoms with Gasteiger partial charge in [0, 0.05) is 19.0 Å². The molecule has 17 heavy (non-hydrogen) atoms. The highest BCUT2D eigenvalue weighted by atomic mass is 16.2. The molecule has 0 aromatic heterocycles. The molecule has 0 bridgehead atoms. The van der Waals surface area contributed by atoms with Crippen LogP contribution in [0.3, 0.4) is 0 Å². The molecule has 0 heterocycles. The van der Waals surface area contributed by atoms with E-state index in [0.717, 1.165) is 6.42 Å². The van der Waals surface area contributed by atoms with Crippen molar-refractivity contribution < 1.29 is 9.59 Å². The van der Waals surface area contributed by atoms with Gasteiger partial charge in [-0.05, 0) is 33.1 Å². The van der Waals surface area contributed by atoms with E-state index in [1.807, 2.05) is 20.8 Å². The largest absolute Gasteiger partial charge is 0.350 e. The quantitative estimate of drug-likeness (QED) is 0.799. The highest BCUT2D eigenvalue weighted by Gasteiger charge is 2.17. The zero-order valence-electron chi connectivity index (χ0n) is 12.0. The number of likely N-dealkylation sites (N-methyl/N-ethyl adjacent to an activating group) is 1. The highest BCUT2D eigenvalue weighted by Crippen LogP contribution is 2.05. The minimum Gasteiger partial charge on any atom is -0.350 e. The second kappa shape index (κ2) is 6.62. The number of carbonyl (C=O) groups is 2. The first-order chi connectivity index (χ1) is 7.61. The molecule has 0 aromatic rings. The molecule has 0 aromatic carbocycles. The second-order valence-corrected chi connectivity index (χ2v) is 5.98. The molecule has 0 saturated heterocycles. The van der Waals surface area contributed by atoms with Gasteiger partial charge in [0.05, 0.1) is 6.54 Å². The van der Waals surface area contributed by atoms with E-state index in [2.05, 4.69) is 19.2 Å². The van der Waals surface area contributed by atoms with Crippen LogP contribution >= 0.6 is 0 Å². The van der Waals surface area contributed by atoms with Gasteiger partial charge < -0.3 is 10.2 Å². The fraction of sp³-hybridized carbons (Fsp3) is 0.846. The van der Waals surface area contributed by atoms with Gasteiger partial charge in [0.1, 0.15) is 0 Å². The maximum absolute atomic E-state index is 11.7. The first-order valence-corrected chi connectivity index (χ1v) is 6.17. The Morgan fingerprint density at radius 1 is 1.24 bits per heavy atom. The molecule has 4 nitrogen and oxygen atoms in total. The molecule has 0 aliphatic carbocycles. The maximum Gasteiger partial charge on any atom is 0.240 e. The van der Waals surface area contributed by atoms with Crippen molar-refractivity contribution >= 4 is 11.8 Å². The predicted molar refractivity (Wildman–Crippen MR) is 69.6 cm³/mol. The topological polar surface area (TPSA) is 49.4 Å². The molecular formula is C13H26N2O2. The van der Waals surface area contributed by atoms with E-state index < -0.39 is 0 Å². The average molecular weight is 242 g/mol. The lowest BCUT2D eigenvalue weighted by Gasteiger charge is -2.23. The van der Waals surface area contributed by atoms with Crippen molar-refractivity contribution in [1.82, 2.24) is 10.2 Å². The van der Waals surface area contributed by atoms with Crippen molar-refractivity contribution in [2.75, 3.05) is 13.6 Å². The summed E-state index contributed by atoms with van der Waals surface area (Å²) in [5, 5.41) is 2.84. The van der Waals surface area contributed by atoms with Crippen molar-refractivity contribution in [2.24, 2.45) is 5.92 Å². The first-order valence-electron chi connectivity index (χ1n) is 6.17. The van der Waals surface area contributed by atoms with Crippen molar-refractivity contribution in [3.8, 4) is 0 Å². The van der Waals surface area contributed by atoms with Gasteiger partial charge >= 0.3 is 0 Å². The van der Waals surface area contributed by atoms with Crippen LogP contribution in [0, 0.1) is 5.92 Å². The molecule has 1 N–H and O–H groups in total. The number of carbonyl (C=O) groups excluding carboxylic acids is 2. The zero-order valence-corrected chi connectivity index (χ0v) is 12.0. The average Bonchev–Trinajstić information content (AvgIpc) is 2.10. The van der Waals surface area contributed by atoms with Crippen LogP contribution in [0.15, 0.2) is 0 Å². The number of rotatable bonds is 5. The van der Waals surface area contributed by atoms with E-state index in [1.54, 1.807) is 7.05 Å². The molecule has 0 aliphatic rings. The third kappa shape index (κ3) is 8.72. The van der Waals surface area contributed by atoms with Gasteiger partial charge in [-0.3, -0.25) is 9.59 Å². The first kappa shape index (κ1) is 15.9. The van der Waals surface area contributed by atoms with Gasteiger partial charge in [0.2, 0.25) is 11.8 Å². The summed E-state index contributed by atoms with van der Waals surface area (Å²) in [4.78, 5) is 24.8. The molecule has 0 rings (SSSR count). The molecule has 0 spiro atoms. The normalized spacial score (nSPS) is 11.5. The second-order valence-electron chi connectivity index (χ2n) is 5.98. The summed E-state index contributed by atoms with van der Waals surface area (Å²) in [7, 11) is 1.67. The van der Waals surface area contributed by atoms with E-state index in [-0.39, 0.29) is 23.9 Å². The van der Waals surface area contributed by atoms with Crippen molar-refractivity contribution in [1.29, 1.82) is 0 Å². The molecule has 0 radical (unpaired) electrons. The highest BCUT2D eigenvalue weighted by molar-refractivity contribution is 5.84.